The van der Waals surface area contributed by atoms with Gasteiger partial charge in [-0.1, -0.05) is 6.07 Å². The Kier molecular flexibility index (Phi) is 2.68. The third-order valence-corrected chi connectivity index (χ3v) is 2.77. The first-order chi connectivity index (χ1) is 6.79. The van der Waals surface area contributed by atoms with Crippen LogP contribution >= 0.6 is 0 Å². The van der Waals surface area contributed by atoms with Gasteiger partial charge in [-0.15, -0.1) is 0 Å². The molecule has 1 N–H and O–H groups in total. The van der Waals surface area contributed by atoms with Crippen LogP contribution in [0.1, 0.15) is 6.42 Å². The number of halogens is 1. The Morgan fingerprint density at radius 2 is 2.36 bits per heavy atom. The molecular formula is C11H15FN2. The van der Waals surface area contributed by atoms with E-state index >= 15 is 0 Å². The maximum atomic E-state index is 13.0. The van der Waals surface area contributed by atoms with Gasteiger partial charge in [0.15, 0.2) is 0 Å². The first kappa shape index (κ1) is 9.46. The van der Waals surface area contributed by atoms with Gasteiger partial charge in [0.1, 0.15) is 5.82 Å². The first-order valence-electron chi connectivity index (χ1n) is 4.97. The van der Waals surface area contributed by atoms with Crippen LogP contribution in [0.2, 0.25) is 0 Å². The average Bonchev–Trinajstić information content (AvgIpc) is 2.66. The van der Waals surface area contributed by atoms with Crippen LogP contribution in [0, 0.1) is 5.82 Å². The van der Waals surface area contributed by atoms with E-state index in [2.05, 4.69) is 10.2 Å². The summed E-state index contributed by atoms with van der Waals surface area (Å²) in [4.78, 5) is 2.21. The minimum Gasteiger partial charge on any atom is -0.370 e. The van der Waals surface area contributed by atoms with E-state index in [1.807, 2.05) is 13.1 Å². The summed E-state index contributed by atoms with van der Waals surface area (Å²) in [6, 6.07) is 7.34. The van der Waals surface area contributed by atoms with Crippen LogP contribution < -0.4 is 10.2 Å². The second-order valence-corrected chi connectivity index (χ2v) is 3.70. The van der Waals surface area contributed by atoms with Gasteiger partial charge in [0.25, 0.3) is 0 Å². The van der Waals surface area contributed by atoms with Crippen molar-refractivity contribution in [1.29, 1.82) is 0 Å². The molecule has 1 fully saturated rings. The van der Waals surface area contributed by atoms with E-state index in [1.165, 1.54) is 6.07 Å². The summed E-state index contributed by atoms with van der Waals surface area (Å²) in [5, 5.41) is 3.24. The van der Waals surface area contributed by atoms with Crippen molar-refractivity contribution in [3.63, 3.8) is 0 Å². The lowest BCUT2D eigenvalue weighted by atomic mass is 10.3. The molecule has 1 aromatic carbocycles. The zero-order valence-electron chi connectivity index (χ0n) is 8.33. The zero-order valence-corrected chi connectivity index (χ0v) is 8.33. The van der Waals surface area contributed by atoms with Gasteiger partial charge in [0.2, 0.25) is 0 Å². The third kappa shape index (κ3) is 1.87. The van der Waals surface area contributed by atoms with Crippen molar-refractivity contribution in [2.75, 3.05) is 25.0 Å². The average molecular weight is 194 g/mol. The van der Waals surface area contributed by atoms with Crippen molar-refractivity contribution in [1.82, 2.24) is 5.32 Å². The number of rotatable bonds is 2. The maximum Gasteiger partial charge on any atom is 0.125 e. The highest BCUT2D eigenvalue weighted by molar-refractivity contribution is 5.47. The quantitative estimate of drug-likeness (QED) is 0.769. The van der Waals surface area contributed by atoms with Crippen LogP contribution in [0.25, 0.3) is 0 Å². The van der Waals surface area contributed by atoms with E-state index in [9.17, 15) is 4.39 Å². The van der Waals surface area contributed by atoms with Gasteiger partial charge in [-0.2, -0.15) is 0 Å². The second kappa shape index (κ2) is 3.96. The Balaban J connectivity index is 2.09. The van der Waals surface area contributed by atoms with Gasteiger partial charge in [-0.05, 0) is 31.7 Å². The van der Waals surface area contributed by atoms with Gasteiger partial charge in [0, 0.05) is 24.8 Å². The minimum absolute atomic E-state index is 0.157. The lowest BCUT2D eigenvalue weighted by Gasteiger charge is -2.18. The first-order valence-corrected chi connectivity index (χ1v) is 4.97. The number of likely N-dealkylation sites (N-methyl/N-ethyl adjacent to an activating group) is 1. The molecule has 2 rings (SSSR count). The number of hydrogen-bond acceptors (Lipinski definition) is 2. The molecule has 3 heteroatoms. The molecule has 76 valence electrons. The van der Waals surface area contributed by atoms with E-state index in [-0.39, 0.29) is 5.82 Å². The van der Waals surface area contributed by atoms with Gasteiger partial charge in [-0.25, -0.2) is 4.39 Å². The Labute approximate surface area is 83.7 Å². The summed E-state index contributed by atoms with van der Waals surface area (Å²) in [6.45, 7) is 1.98. The monoisotopic (exact) mass is 194 g/mol. The predicted molar refractivity (Wildman–Crippen MR) is 56.1 cm³/mol. The summed E-state index contributed by atoms with van der Waals surface area (Å²) in [5.74, 6) is -0.157. The number of hydrogen-bond donors (Lipinski definition) is 1. The lowest BCUT2D eigenvalue weighted by Crippen LogP contribution is -2.29. The fourth-order valence-corrected chi connectivity index (χ4v) is 1.90. The highest BCUT2D eigenvalue weighted by Crippen LogP contribution is 2.20. The van der Waals surface area contributed by atoms with Crippen LogP contribution in [-0.4, -0.2) is 26.2 Å². The molecule has 0 aromatic heterocycles. The SMILES string of the molecule is CNC1CCN(c2cccc(F)c2)C1. The third-order valence-electron chi connectivity index (χ3n) is 2.77. The van der Waals surface area contributed by atoms with E-state index in [0.29, 0.717) is 6.04 Å². The van der Waals surface area contributed by atoms with Crippen molar-refractivity contribution >= 4 is 5.69 Å². The Bertz CT molecular complexity index is 314. The molecule has 14 heavy (non-hydrogen) atoms. The van der Waals surface area contributed by atoms with Crippen molar-refractivity contribution in [3.8, 4) is 0 Å². The standard InChI is InChI=1S/C11H15FN2/c1-13-10-5-6-14(8-10)11-4-2-3-9(12)7-11/h2-4,7,10,13H,5-6,8H2,1H3. The number of anilines is 1. The van der Waals surface area contributed by atoms with E-state index in [1.54, 1.807) is 12.1 Å². The molecule has 1 heterocycles. The Morgan fingerprint density at radius 3 is 3.00 bits per heavy atom. The van der Waals surface area contributed by atoms with Gasteiger partial charge in [0.05, 0.1) is 0 Å². The molecule has 1 aliphatic rings. The van der Waals surface area contributed by atoms with Crippen LogP contribution in [0.4, 0.5) is 10.1 Å². The second-order valence-electron chi connectivity index (χ2n) is 3.70. The van der Waals surface area contributed by atoms with Gasteiger partial charge >= 0.3 is 0 Å². The van der Waals surface area contributed by atoms with Crippen molar-refractivity contribution in [2.24, 2.45) is 0 Å². The molecule has 0 radical (unpaired) electrons. The highest BCUT2D eigenvalue weighted by Gasteiger charge is 2.20. The Hall–Kier alpha value is -1.09. The van der Waals surface area contributed by atoms with Crippen molar-refractivity contribution in [2.45, 2.75) is 12.5 Å². The predicted octanol–water partition coefficient (Wildman–Crippen LogP) is 1.62. The summed E-state index contributed by atoms with van der Waals surface area (Å²) in [6.07, 6.45) is 1.13. The molecule has 1 atom stereocenters. The van der Waals surface area contributed by atoms with E-state index < -0.39 is 0 Å². The topological polar surface area (TPSA) is 15.3 Å². The molecule has 1 unspecified atom stereocenters. The van der Waals surface area contributed by atoms with Crippen molar-refractivity contribution in [3.05, 3.63) is 30.1 Å². The smallest absolute Gasteiger partial charge is 0.125 e. The molecular weight excluding hydrogens is 179 g/mol. The molecule has 0 amide bonds. The largest absolute Gasteiger partial charge is 0.370 e. The van der Waals surface area contributed by atoms with Gasteiger partial charge < -0.3 is 10.2 Å². The molecule has 1 aromatic rings. The zero-order chi connectivity index (χ0) is 9.97. The molecule has 1 aliphatic heterocycles. The molecule has 0 bridgehead atoms. The highest BCUT2D eigenvalue weighted by atomic mass is 19.1. The summed E-state index contributed by atoms with van der Waals surface area (Å²) in [5.41, 5.74) is 0.989. The van der Waals surface area contributed by atoms with E-state index in [0.717, 1.165) is 25.2 Å². The van der Waals surface area contributed by atoms with Crippen LogP contribution in [0.3, 0.4) is 0 Å². The number of benzene rings is 1. The fourth-order valence-electron chi connectivity index (χ4n) is 1.90. The summed E-state index contributed by atoms with van der Waals surface area (Å²) in [7, 11) is 1.97. The van der Waals surface area contributed by atoms with Crippen molar-refractivity contribution < 1.29 is 4.39 Å². The molecule has 2 nitrogen and oxygen atoms in total. The molecule has 0 spiro atoms. The lowest BCUT2D eigenvalue weighted by molar-refractivity contribution is 0.615. The normalized spacial score (nSPS) is 21.6. The minimum atomic E-state index is -0.157. The summed E-state index contributed by atoms with van der Waals surface area (Å²) >= 11 is 0. The molecule has 1 saturated heterocycles. The van der Waals surface area contributed by atoms with E-state index in [4.69, 9.17) is 0 Å². The number of nitrogens with one attached hydrogen (secondary N) is 1. The molecule has 0 saturated carbocycles. The van der Waals surface area contributed by atoms with Crippen LogP contribution in [0.5, 0.6) is 0 Å². The number of nitrogens with zero attached hydrogens (tertiary/aromatic N) is 1. The van der Waals surface area contributed by atoms with Crippen LogP contribution in [0.15, 0.2) is 24.3 Å². The molecule has 0 aliphatic carbocycles. The van der Waals surface area contributed by atoms with Gasteiger partial charge in [-0.3, -0.25) is 0 Å². The maximum absolute atomic E-state index is 13.0. The Morgan fingerprint density at radius 1 is 1.50 bits per heavy atom. The summed E-state index contributed by atoms with van der Waals surface area (Å²) < 4.78 is 13.0. The fraction of sp³-hybridized carbons (Fsp3) is 0.455. The van der Waals surface area contributed by atoms with Crippen LogP contribution in [-0.2, 0) is 0 Å².